The van der Waals surface area contributed by atoms with Crippen molar-refractivity contribution in [3.05, 3.63) is 22.2 Å². The van der Waals surface area contributed by atoms with Gasteiger partial charge in [0.1, 0.15) is 5.69 Å². The fourth-order valence-corrected chi connectivity index (χ4v) is 1.44. The first kappa shape index (κ1) is 12.4. The van der Waals surface area contributed by atoms with Crippen LogP contribution in [0.4, 0.5) is 11.4 Å². The Morgan fingerprint density at radius 3 is 2.47 bits per heavy atom. The summed E-state index contributed by atoms with van der Waals surface area (Å²) in [5, 5.41) is 10.9. The molecule has 1 aromatic rings. The summed E-state index contributed by atoms with van der Waals surface area (Å²) in [5.41, 5.74) is 15.4. The number of nitrogens with zero attached hydrogens (tertiary/aromatic N) is 3. The van der Waals surface area contributed by atoms with Crippen molar-refractivity contribution in [3.8, 4) is 11.5 Å². The number of hydrogen-bond donors (Lipinski definition) is 3. The number of nitro benzene ring substituents is 1. The lowest BCUT2D eigenvalue weighted by molar-refractivity contribution is -0.384. The molecule has 10 nitrogen and oxygen atoms in total. The van der Waals surface area contributed by atoms with Crippen LogP contribution in [0.1, 0.15) is 0 Å². The van der Waals surface area contributed by atoms with Gasteiger partial charge >= 0.3 is 0 Å². The molecule has 1 aromatic carbocycles. The van der Waals surface area contributed by atoms with Crippen LogP contribution < -0.4 is 26.7 Å². The lowest BCUT2D eigenvalue weighted by atomic mass is 10.2. The zero-order chi connectivity index (χ0) is 14.0. The predicted octanol–water partition coefficient (Wildman–Crippen LogP) is -0.457. The molecule has 1 aliphatic heterocycles. The molecule has 0 radical (unpaired) electrons. The summed E-state index contributed by atoms with van der Waals surface area (Å²) in [5.74, 6) is -0.000442. The van der Waals surface area contributed by atoms with Crippen molar-refractivity contribution in [2.45, 2.75) is 0 Å². The largest absolute Gasteiger partial charge is 0.454 e. The summed E-state index contributed by atoms with van der Waals surface area (Å²) in [6.45, 7) is -0.0109. The minimum Gasteiger partial charge on any atom is -0.454 e. The maximum absolute atomic E-state index is 10.9. The molecule has 0 saturated carbocycles. The topological polar surface area (TPSA) is 164 Å². The Bertz CT molecular complexity index is 593. The monoisotopic (exact) mass is 266 g/mol. The third kappa shape index (κ3) is 2.62. The summed E-state index contributed by atoms with van der Waals surface area (Å²) in [6, 6.07) is 2.53. The molecule has 0 spiro atoms. The van der Waals surface area contributed by atoms with E-state index < -0.39 is 4.92 Å². The fraction of sp³-hybridized carbons (Fsp3) is 0.111. The van der Waals surface area contributed by atoms with Crippen LogP contribution in [0.2, 0.25) is 0 Å². The molecular formula is C9H10N6O4. The maximum atomic E-state index is 10.9. The zero-order valence-corrected chi connectivity index (χ0v) is 9.57. The molecule has 10 heteroatoms. The van der Waals surface area contributed by atoms with Crippen molar-refractivity contribution in [2.24, 2.45) is 27.2 Å². The molecule has 0 amide bonds. The molecule has 6 N–H and O–H groups in total. The lowest BCUT2D eigenvalue weighted by Crippen LogP contribution is -2.26. The quantitative estimate of drug-likeness (QED) is 0.282. The van der Waals surface area contributed by atoms with E-state index in [0.29, 0.717) is 5.75 Å². The third-order valence-electron chi connectivity index (χ3n) is 2.15. The molecule has 0 atom stereocenters. The highest BCUT2D eigenvalue weighted by Gasteiger charge is 2.23. The van der Waals surface area contributed by atoms with Crippen molar-refractivity contribution >= 4 is 23.3 Å². The number of rotatable bonds is 2. The average molecular weight is 266 g/mol. The van der Waals surface area contributed by atoms with Crippen molar-refractivity contribution < 1.29 is 14.4 Å². The molecule has 19 heavy (non-hydrogen) atoms. The standard InChI is InChI=1S/C9H10N6O4/c10-8(11)14-9(12)13-4-1-6-7(19-3-18-6)2-5(4)15(16)17/h1-2H,3H2,(H6,10,11,12,13,14). The highest BCUT2D eigenvalue weighted by atomic mass is 16.7. The van der Waals surface area contributed by atoms with Crippen LogP contribution in [0.5, 0.6) is 11.5 Å². The van der Waals surface area contributed by atoms with Crippen LogP contribution in [0.25, 0.3) is 0 Å². The predicted molar refractivity (Wildman–Crippen MR) is 66.3 cm³/mol. The van der Waals surface area contributed by atoms with Crippen molar-refractivity contribution in [1.29, 1.82) is 0 Å². The van der Waals surface area contributed by atoms with E-state index in [2.05, 4.69) is 9.98 Å². The lowest BCUT2D eigenvalue weighted by Gasteiger charge is -2.01. The van der Waals surface area contributed by atoms with E-state index in [-0.39, 0.29) is 35.8 Å². The van der Waals surface area contributed by atoms with Gasteiger partial charge in [-0.3, -0.25) is 10.1 Å². The fourth-order valence-electron chi connectivity index (χ4n) is 1.44. The van der Waals surface area contributed by atoms with E-state index in [1.54, 1.807) is 0 Å². The normalized spacial score (nSPS) is 13.2. The van der Waals surface area contributed by atoms with Crippen molar-refractivity contribution in [3.63, 3.8) is 0 Å². The van der Waals surface area contributed by atoms with Crippen LogP contribution in [0.15, 0.2) is 22.1 Å². The van der Waals surface area contributed by atoms with Gasteiger partial charge in [0.25, 0.3) is 5.69 Å². The molecule has 1 aliphatic rings. The number of hydrogen-bond acceptors (Lipinski definition) is 5. The summed E-state index contributed by atoms with van der Waals surface area (Å²) < 4.78 is 10.1. The van der Waals surface area contributed by atoms with E-state index in [9.17, 15) is 10.1 Å². The minimum atomic E-state index is -0.621. The first-order valence-corrected chi connectivity index (χ1v) is 4.99. The second kappa shape index (κ2) is 4.68. The van der Waals surface area contributed by atoms with E-state index in [0.717, 1.165) is 0 Å². The molecule has 0 unspecified atom stereocenters. The van der Waals surface area contributed by atoms with Crippen LogP contribution in [-0.2, 0) is 0 Å². The van der Waals surface area contributed by atoms with Crippen molar-refractivity contribution in [2.75, 3.05) is 6.79 Å². The van der Waals surface area contributed by atoms with E-state index in [1.807, 2.05) is 0 Å². The number of aliphatic imine (C=N–C) groups is 2. The Morgan fingerprint density at radius 1 is 1.26 bits per heavy atom. The van der Waals surface area contributed by atoms with Crippen molar-refractivity contribution in [1.82, 2.24) is 0 Å². The zero-order valence-electron chi connectivity index (χ0n) is 9.57. The number of nitro groups is 1. The summed E-state index contributed by atoms with van der Waals surface area (Å²) in [7, 11) is 0. The third-order valence-corrected chi connectivity index (χ3v) is 2.15. The number of guanidine groups is 2. The van der Waals surface area contributed by atoms with E-state index >= 15 is 0 Å². The SMILES string of the molecule is NC(N)=NC(N)=Nc1cc2c(cc1[N+](=O)[O-])OCO2. The molecule has 0 fully saturated rings. The maximum Gasteiger partial charge on any atom is 0.298 e. The molecule has 1 heterocycles. The smallest absolute Gasteiger partial charge is 0.298 e. The molecule has 0 aliphatic carbocycles. The highest BCUT2D eigenvalue weighted by molar-refractivity contribution is 5.94. The summed E-state index contributed by atoms with van der Waals surface area (Å²) in [4.78, 5) is 17.6. The van der Waals surface area contributed by atoms with Crippen LogP contribution in [0, 0.1) is 10.1 Å². The second-order valence-corrected chi connectivity index (χ2v) is 3.46. The van der Waals surface area contributed by atoms with Crippen LogP contribution in [0.3, 0.4) is 0 Å². The molecule has 0 bridgehead atoms. The molecule has 0 saturated heterocycles. The van der Waals surface area contributed by atoms with Crippen LogP contribution in [-0.4, -0.2) is 23.6 Å². The van der Waals surface area contributed by atoms with Gasteiger partial charge in [-0.2, -0.15) is 4.99 Å². The summed E-state index contributed by atoms with van der Waals surface area (Å²) >= 11 is 0. The number of nitrogens with two attached hydrogens (primary N) is 3. The van der Waals surface area contributed by atoms with Gasteiger partial charge in [0.05, 0.1) is 11.0 Å². The number of benzene rings is 1. The van der Waals surface area contributed by atoms with Gasteiger partial charge in [0.15, 0.2) is 17.5 Å². The number of fused-ring (bicyclic) bond motifs is 1. The molecule has 2 rings (SSSR count). The Hall–Kier alpha value is -3.04. The van der Waals surface area contributed by atoms with Crippen LogP contribution >= 0.6 is 0 Å². The van der Waals surface area contributed by atoms with Gasteiger partial charge in [-0.05, 0) is 0 Å². The first-order valence-electron chi connectivity index (χ1n) is 4.99. The van der Waals surface area contributed by atoms with Gasteiger partial charge in [-0.15, -0.1) is 0 Å². The average Bonchev–Trinajstić information content (AvgIpc) is 2.73. The first-order chi connectivity index (χ1) is 8.97. The van der Waals surface area contributed by atoms with Gasteiger partial charge in [-0.25, -0.2) is 4.99 Å². The second-order valence-electron chi connectivity index (χ2n) is 3.46. The van der Waals surface area contributed by atoms with Gasteiger partial charge in [0, 0.05) is 6.07 Å². The molecule has 100 valence electrons. The Morgan fingerprint density at radius 2 is 1.89 bits per heavy atom. The van der Waals surface area contributed by atoms with Gasteiger partial charge < -0.3 is 26.7 Å². The Kier molecular flexibility index (Phi) is 3.06. The minimum absolute atomic E-state index is 0.0109. The van der Waals surface area contributed by atoms with E-state index in [1.165, 1.54) is 12.1 Å². The Balaban J connectivity index is 2.50. The number of ether oxygens (including phenoxy) is 2. The molecular weight excluding hydrogens is 256 g/mol. The summed E-state index contributed by atoms with van der Waals surface area (Å²) in [6.07, 6.45) is 0. The van der Waals surface area contributed by atoms with E-state index in [4.69, 9.17) is 26.7 Å². The highest BCUT2D eigenvalue weighted by Crippen LogP contribution is 2.41. The Labute approximate surface area is 106 Å². The molecule has 0 aromatic heterocycles. The van der Waals surface area contributed by atoms with Gasteiger partial charge in [-0.1, -0.05) is 0 Å². The van der Waals surface area contributed by atoms with Gasteiger partial charge in [0.2, 0.25) is 12.8 Å².